The number of fused-ring (bicyclic) bond motifs is 1. The number of carboxylic acids is 1. The van der Waals surface area contributed by atoms with Crippen molar-refractivity contribution in [2.24, 2.45) is 25.6 Å². The number of hydrogen-bond acceptors (Lipinski definition) is 20. The number of carbonyl (C=O) groups excluding carboxylic acids is 2. The number of ether oxygens (including phenoxy) is 1. The van der Waals surface area contributed by atoms with Crippen LogP contribution >= 0.6 is 0 Å². The van der Waals surface area contributed by atoms with Crippen LogP contribution in [0.1, 0.15) is 0 Å². The molecule has 1 aliphatic rings. The number of carbonyl (C=O) groups is 2. The SMILES string of the molecule is COc1cc(N=Nc2c(S(=O)(=O)[O-])cc3ccc(N=NC4C(=O)N(c5ccc(S(=O)(=O)[O-])cc5)N=C4C(=O)[O-])cc3c2[O-])c([O-])cc1S(=O)(=O)CCO.[Cu+2]. The summed E-state index contributed by atoms with van der Waals surface area (Å²) in [6.07, 6.45) is 0. The molecule has 0 aliphatic carbocycles. The first-order chi connectivity index (χ1) is 24.8. The average molecular weight is 851 g/mol. The second kappa shape index (κ2) is 15.5. The predicted molar refractivity (Wildman–Crippen MR) is 170 cm³/mol. The van der Waals surface area contributed by atoms with Crippen LogP contribution in [-0.4, -0.2) is 82.6 Å². The Balaban J connectivity index is 0.00000650. The Labute approximate surface area is 314 Å². The van der Waals surface area contributed by atoms with Crippen LogP contribution in [0.4, 0.5) is 22.7 Å². The van der Waals surface area contributed by atoms with E-state index in [-0.39, 0.29) is 39.2 Å². The number of methoxy groups -OCH3 is 1. The van der Waals surface area contributed by atoms with E-state index in [0.29, 0.717) is 11.1 Å². The Kier molecular flexibility index (Phi) is 11.9. The molecule has 1 heterocycles. The molecule has 4 aromatic rings. The first-order valence-electron chi connectivity index (χ1n) is 14.3. The van der Waals surface area contributed by atoms with Gasteiger partial charge in [-0.3, -0.25) is 4.79 Å². The molecule has 0 saturated heterocycles. The topological polar surface area (TPSA) is 346 Å². The molecule has 54 heavy (non-hydrogen) atoms. The number of azo groups is 2. The number of hydrogen-bond donors (Lipinski definition) is 1. The van der Waals surface area contributed by atoms with Gasteiger partial charge in [0.25, 0.3) is 5.91 Å². The molecule has 1 amide bonds. The second-order valence-corrected chi connectivity index (χ2v) is 15.4. The van der Waals surface area contributed by atoms with Crippen LogP contribution in [0.25, 0.3) is 10.8 Å². The zero-order valence-corrected chi connectivity index (χ0v) is 30.0. The maximum absolute atomic E-state index is 13.5. The molecule has 0 spiro atoms. The Morgan fingerprint density at radius 2 is 1.57 bits per heavy atom. The smallest absolute Gasteiger partial charge is 0.871 e. The van der Waals surface area contributed by atoms with E-state index in [0.717, 1.165) is 61.7 Å². The quantitative estimate of drug-likeness (QED) is 0.108. The van der Waals surface area contributed by atoms with Crippen LogP contribution in [-0.2, 0) is 56.7 Å². The van der Waals surface area contributed by atoms with Gasteiger partial charge < -0.3 is 39.1 Å². The normalized spacial score (nSPS) is 15.2. The zero-order valence-electron chi connectivity index (χ0n) is 26.6. The van der Waals surface area contributed by atoms with Crippen LogP contribution in [0.3, 0.4) is 0 Å². The van der Waals surface area contributed by atoms with Crippen LogP contribution in [0, 0.1) is 0 Å². The molecule has 1 radical (unpaired) electrons. The van der Waals surface area contributed by atoms with Crippen molar-refractivity contribution in [2.75, 3.05) is 24.5 Å². The minimum Gasteiger partial charge on any atom is -0.871 e. The monoisotopic (exact) mass is 850 g/mol. The minimum atomic E-state index is -5.41. The van der Waals surface area contributed by atoms with Crippen LogP contribution in [0.2, 0.25) is 0 Å². The van der Waals surface area contributed by atoms with Crippen molar-refractivity contribution in [1.29, 1.82) is 0 Å². The Morgan fingerprint density at radius 3 is 2.15 bits per heavy atom. The van der Waals surface area contributed by atoms with E-state index in [1.807, 2.05) is 0 Å². The van der Waals surface area contributed by atoms with Crippen molar-refractivity contribution in [2.45, 2.75) is 20.7 Å². The summed E-state index contributed by atoms with van der Waals surface area (Å²) in [6, 6.07) is 7.35. The zero-order chi connectivity index (χ0) is 39.0. The van der Waals surface area contributed by atoms with E-state index in [9.17, 15) is 59.3 Å². The third kappa shape index (κ3) is 8.37. The number of sulfone groups is 1. The summed E-state index contributed by atoms with van der Waals surface area (Å²) < 4.78 is 99.9. The molecule has 25 heteroatoms. The standard InChI is InChI=1S/C29H24N6O15S3.Cu/c1-50-21-12-19(20(37)13-22(21)51(42,43)9-8-36)31-32-24-23(53(47,48)49)10-14-2-3-15(11-18(14)27(24)38)30-33-25-26(29(40)41)34-35(28(25)39)16-4-6-17(7-5-16)52(44,45)46;/h2-7,10-13,25,36-38H,8-9H2,1H3,(H,40,41)(H,44,45,46)(H,47,48,49);/q;+2/p-5. The van der Waals surface area contributed by atoms with Gasteiger partial charge in [-0.2, -0.15) is 25.5 Å². The summed E-state index contributed by atoms with van der Waals surface area (Å²) in [5.41, 5.74) is -2.95. The maximum atomic E-state index is 13.5. The van der Waals surface area contributed by atoms with E-state index in [2.05, 4.69) is 25.6 Å². The molecule has 0 bridgehead atoms. The average Bonchev–Trinajstić information content (AvgIpc) is 3.42. The van der Waals surface area contributed by atoms with Crippen molar-refractivity contribution < 1.29 is 86.2 Å². The van der Waals surface area contributed by atoms with Gasteiger partial charge in [-0.05, 0) is 59.3 Å². The van der Waals surface area contributed by atoms with Crippen LogP contribution in [0.15, 0.2) is 101 Å². The fourth-order valence-electron chi connectivity index (χ4n) is 4.77. The number of anilines is 1. The molecule has 1 unspecified atom stereocenters. The van der Waals surface area contributed by atoms with Gasteiger partial charge in [-0.15, -0.1) is 5.11 Å². The van der Waals surface area contributed by atoms with Crippen molar-refractivity contribution >= 4 is 81.2 Å². The Hall–Kier alpha value is -5.40. The fourth-order valence-corrected chi connectivity index (χ4v) is 7.08. The number of aliphatic hydroxyl groups excluding tert-OH is 1. The Morgan fingerprint density at radius 1 is 0.907 bits per heavy atom. The van der Waals surface area contributed by atoms with Gasteiger partial charge in [-0.25, -0.2) is 25.3 Å². The number of aliphatic carboxylic acids is 1. The van der Waals surface area contributed by atoms with Crippen LogP contribution < -0.4 is 25.1 Å². The van der Waals surface area contributed by atoms with E-state index in [4.69, 9.17) is 9.84 Å². The van der Waals surface area contributed by atoms with Crippen molar-refractivity contribution in [1.82, 2.24) is 0 Å². The van der Waals surface area contributed by atoms with Gasteiger partial charge in [0.05, 0.1) is 58.0 Å². The summed E-state index contributed by atoms with van der Waals surface area (Å²) in [5.74, 6) is -6.45. The van der Waals surface area contributed by atoms with Crippen molar-refractivity contribution in [3.63, 3.8) is 0 Å². The van der Waals surface area contributed by atoms with E-state index in [1.165, 1.54) is 0 Å². The van der Waals surface area contributed by atoms with Gasteiger partial charge in [0, 0.05) is 6.07 Å². The van der Waals surface area contributed by atoms with E-state index < -0.39 is 109 Å². The van der Waals surface area contributed by atoms with Gasteiger partial charge >= 0.3 is 17.1 Å². The van der Waals surface area contributed by atoms with Crippen molar-refractivity contribution in [3.8, 4) is 17.2 Å². The van der Waals surface area contributed by atoms with Crippen LogP contribution in [0.5, 0.6) is 17.2 Å². The third-order valence-corrected chi connectivity index (χ3v) is 10.7. The molecular weight excluding hydrogens is 832 g/mol. The predicted octanol–water partition coefficient (Wildman–Crippen LogP) is -0.412. The molecule has 0 saturated carbocycles. The molecule has 1 atom stereocenters. The molecule has 0 fully saturated rings. The summed E-state index contributed by atoms with van der Waals surface area (Å²) in [7, 11) is -13.4. The van der Waals surface area contributed by atoms with Crippen molar-refractivity contribution in [3.05, 3.63) is 60.7 Å². The molecule has 21 nitrogen and oxygen atoms in total. The number of nitrogens with zero attached hydrogens (tertiary/aromatic N) is 6. The van der Waals surface area contributed by atoms with Gasteiger partial charge in [0.15, 0.2) is 15.9 Å². The summed E-state index contributed by atoms with van der Waals surface area (Å²) in [4.78, 5) is 22.5. The first kappa shape index (κ1) is 41.4. The number of hydrazone groups is 1. The molecular formula is C29H19CuN6O15S3-3. The molecule has 287 valence electrons. The third-order valence-electron chi connectivity index (χ3n) is 7.26. The number of amides is 1. The first-order valence-corrected chi connectivity index (χ1v) is 18.7. The van der Waals surface area contributed by atoms with E-state index in [1.54, 1.807) is 0 Å². The van der Waals surface area contributed by atoms with Gasteiger partial charge in [0.2, 0.25) is 0 Å². The summed E-state index contributed by atoms with van der Waals surface area (Å²) in [6.45, 7) is -0.769. The molecule has 5 rings (SSSR count). The number of carboxylic acid groups (broad SMARTS) is 1. The Bertz CT molecular complexity index is 2620. The van der Waals surface area contributed by atoms with E-state index >= 15 is 0 Å². The summed E-state index contributed by atoms with van der Waals surface area (Å²) >= 11 is 0. The number of rotatable bonds is 12. The van der Waals surface area contributed by atoms with Gasteiger partial charge in [-0.1, -0.05) is 17.6 Å². The molecule has 0 aromatic heterocycles. The minimum absolute atomic E-state index is 0. The van der Waals surface area contributed by atoms with Gasteiger partial charge in [0.1, 0.15) is 36.6 Å². The molecule has 1 aliphatic heterocycles. The largest absolute Gasteiger partial charge is 2.00 e. The maximum Gasteiger partial charge on any atom is 2.00 e. The number of benzene rings is 4. The number of aliphatic hydroxyl groups is 1. The summed E-state index contributed by atoms with van der Waals surface area (Å²) in [5, 5.41) is 65.4. The second-order valence-electron chi connectivity index (χ2n) is 10.6. The molecule has 1 N–H and O–H groups in total. The fraction of sp³-hybridized carbons (Fsp3) is 0.138. The molecule has 4 aromatic carbocycles.